The van der Waals surface area contributed by atoms with E-state index in [-0.39, 0.29) is 0 Å². The largest absolute Gasteiger partial charge is 0.496 e. The van der Waals surface area contributed by atoms with Gasteiger partial charge in [-0.05, 0) is 55.0 Å². The molecule has 0 atom stereocenters. The number of methoxy groups -OCH3 is 2. The number of nitrogens with zero attached hydrogens (tertiary/aromatic N) is 5. The number of aryl methyl sites for hydroxylation is 1. The predicted molar refractivity (Wildman–Crippen MR) is 139 cm³/mol. The summed E-state index contributed by atoms with van der Waals surface area (Å²) < 4.78 is 14.9. The Kier molecular flexibility index (Phi) is 6.60. The van der Waals surface area contributed by atoms with Crippen molar-refractivity contribution < 1.29 is 9.47 Å². The van der Waals surface area contributed by atoms with Crippen LogP contribution in [-0.4, -0.2) is 38.4 Å². The van der Waals surface area contributed by atoms with Gasteiger partial charge in [0.25, 0.3) is 0 Å². The second kappa shape index (κ2) is 9.81. The van der Waals surface area contributed by atoms with E-state index in [4.69, 9.17) is 37.7 Å². The fourth-order valence-corrected chi connectivity index (χ4v) is 5.09. The number of rotatable bonds is 7. The number of aromatic nitrogens is 5. The first-order valence-corrected chi connectivity index (χ1v) is 12.4. The van der Waals surface area contributed by atoms with E-state index >= 15 is 0 Å². The Bertz CT molecular complexity index is 1530. The number of fused-ring (bicyclic) bond motifs is 1. The molecule has 0 bridgehead atoms. The summed E-state index contributed by atoms with van der Waals surface area (Å²) in [6, 6.07) is 15.0. The number of hydrogen-bond donors (Lipinski definition) is 0. The minimum atomic E-state index is 0.481. The van der Waals surface area contributed by atoms with Crippen LogP contribution in [0.5, 0.6) is 11.5 Å². The molecular formula is C25H21Cl2N5O2S. The summed E-state index contributed by atoms with van der Waals surface area (Å²) >= 11 is 14.3. The fourth-order valence-electron chi connectivity index (χ4n) is 3.83. The Morgan fingerprint density at radius 1 is 0.971 bits per heavy atom. The van der Waals surface area contributed by atoms with Crippen molar-refractivity contribution in [3.8, 4) is 28.6 Å². The number of imidazole rings is 1. The molecule has 0 radical (unpaired) electrons. The molecule has 0 aliphatic carbocycles. The average Bonchev–Trinajstić information content (AvgIpc) is 3.47. The van der Waals surface area contributed by atoms with Crippen LogP contribution in [0, 0.1) is 6.92 Å². The normalized spacial score (nSPS) is 11.2. The van der Waals surface area contributed by atoms with Crippen molar-refractivity contribution in [1.82, 2.24) is 24.1 Å². The third-order valence-electron chi connectivity index (χ3n) is 5.51. The second-order valence-corrected chi connectivity index (χ2v) is 9.53. The van der Waals surface area contributed by atoms with Gasteiger partial charge in [0, 0.05) is 23.2 Å². The maximum atomic E-state index is 6.47. The van der Waals surface area contributed by atoms with Crippen LogP contribution in [0.2, 0.25) is 10.0 Å². The van der Waals surface area contributed by atoms with E-state index in [1.807, 2.05) is 70.7 Å². The molecule has 10 heteroatoms. The molecule has 0 N–H and O–H groups in total. The molecule has 5 aromatic rings. The van der Waals surface area contributed by atoms with Crippen molar-refractivity contribution in [2.45, 2.75) is 17.8 Å². The molecule has 3 aromatic heterocycles. The minimum Gasteiger partial charge on any atom is -0.496 e. The van der Waals surface area contributed by atoms with Gasteiger partial charge in [0.2, 0.25) is 0 Å². The molecule has 0 aliphatic rings. The molecule has 35 heavy (non-hydrogen) atoms. The van der Waals surface area contributed by atoms with Gasteiger partial charge in [-0.25, -0.2) is 4.98 Å². The first-order valence-electron chi connectivity index (χ1n) is 10.7. The smallest absolute Gasteiger partial charge is 0.196 e. The number of thioether (sulfide) groups is 1. The zero-order valence-electron chi connectivity index (χ0n) is 19.2. The van der Waals surface area contributed by atoms with Gasteiger partial charge in [-0.2, -0.15) is 0 Å². The van der Waals surface area contributed by atoms with E-state index < -0.39 is 0 Å². The van der Waals surface area contributed by atoms with Gasteiger partial charge >= 0.3 is 0 Å². The summed E-state index contributed by atoms with van der Waals surface area (Å²) in [7, 11) is 3.19. The Balaban J connectivity index is 1.59. The molecule has 0 amide bonds. The van der Waals surface area contributed by atoms with Crippen molar-refractivity contribution >= 4 is 40.6 Å². The lowest BCUT2D eigenvalue weighted by Gasteiger charge is -2.14. The van der Waals surface area contributed by atoms with Crippen LogP contribution in [0.4, 0.5) is 0 Å². The lowest BCUT2D eigenvalue weighted by Crippen LogP contribution is -2.01. The van der Waals surface area contributed by atoms with Crippen LogP contribution < -0.4 is 9.47 Å². The van der Waals surface area contributed by atoms with Crippen molar-refractivity contribution in [3.05, 3.63) is 82.2 Å². The number of ether oxygens (including phenoxy) is 2. The lowest BCUT2D eigenvalue weighted by molar-refractivity contribution is 0.415. The summed E-state index contributed by atoms with van der Waals surface area (Å²) in [5, 5.41) is 10.7. The quantitative estimate of drug-likeness (QED) is 0.226. The first-order chi connectivity index (χ1) is 17.0. The van der Waals surface area contributed by atoms with Crippen LogP contribution in [0.25, 0.3) is 22.7 Å². The van der Waals surface area contributed by atoms with Crippen molar-refractivity contribution in [2.75, 3.05) is 14.2 Å². The maximum Gasteiger partial charge on any atom is 0.196 e. The molecule has 7 nitrogen and oxygen atoms in total. The molecule has 0 spiro atoms. The summed E-state index contributed by atoms with van der Waals surface area (Å²) in [5.41, 5.74) is 4.50. The third kappa shape index (κ3) is 4.57. The van der Waals surface area contributed by atoms with Gasteiger partial charge in [0.05, 0.1) is 36.2 Å². The molecule has 5 rings (SSSR count). The van der Waals surface area contributed by atoms with Crippen molar-refractivity contribution in [3.63, 3.8) is 0 Å². The average molecular weight is 526 g/mol. The monoisotopic (exact) mass is 525 g/mol. The Morgan fingerprint density at radius 2 is 1.77 bits per heavy atom. The zero-order chi connectivity index (χ0) is 24.5. The Labute approximate surface area is 216 Å². The minimum absolute atomic E-state index is 0.481. The van der Waals surface area contributed by atoms with Crippen LogP contribution >= 0.6 is 35.0 Å². The van der Waals surface area contributed by atoms with Crippen molar-refractivity contribution in [2.24, 2.45) is 0 Å². The molecule has 178 valence electrons. The second-order valence-electron chi connectivity index (χ2n) is 7.75. The van der Waals surface area contributed by atoms with Crippen molar-refractivity contribution in [1.29, 1.82) is 0 Å². The Morgan fingerprint density at radius 3 is 2.51 bits per heavy atom. The van der Waals surface area contributed by atoms with Crippen LogP contribution in [-0.2, 0) is 5.75 Å². The van der Waals surface area contributed by atoms with Crippen LogP contribution in [0.3, 0.4) is 0 Å². The molecular weight excluding hydrogens is 505 g/mol. The fraction of sp³-hybridized carbons (Fsp3) is 0.160. The number of pyridine rings is 1. The van der Waals surface area contributed by atoms with E-state index in [1.165, 1.54) is 11.8 Å². The summed E-state index contributed by atoms with van der Waals surface area (Å²) in [6.07, 6.45) is 4.02. The van der Waals surface area contributed by atoms with Gasteiger partial charge < -0.3 is 13.9 Å². The van der Waals surface area contributed by atoms with Gasteiger partial charge in [-0.1, -0.05) is 41.0 Å². The number of halogens is 2. The first kappa shape index (κ1) is 23.5. The molecule has 0 unspecified atom stereocenters. The van der Waals surface area contributed by atoms with E-state index in [2.05, 4.69) is 10.2 Å². The molecule has 0 saturated carbocycles. The van der Waals surface area contributed by atoms with E-state index in [0.717, 1.165) is 28.2 Å². The highest BCUT2D eigenvalue weighted by Gasteiger charge is 2.21. The SMILES string of the molecule is COc1ccc(-n2c(SCc3cn4cccc(C)c4n3)nnc2-c2cc(Cl)ccc2OC)cc1Cl. The highest BCUT2D eigenvalue weighted by molar-refractivity contribution is 7.98. The zero-order valence-corrected chi connectivity index (χ0v) is 21.5. The van der Waals surface area contributed by atoms with Gasteiger partial charge in [0.15, 0.2) is 11.0 Å². The standard InChI is InChI=1S/C25H21Cl2N5O2S/c1-15-5-4-10-31-13-17(28-23(15)31)14-35-25-30-29-24(19-11-16(26)6-8-21(19)33-2)32(25)18-7-9-22(34-3)20(27)12-18/h4-13H,14H2,1-3H3. The van der Waals surface area contributed by atoms with E-state index in [1.54, 1.807) is 20.3 Å². The Hall–Kier alpha value is -3.20. The summed E-state index contributed by atoms with van der Waals surface area (Å²) in [6.45, 7) is 2.05. The summed E-state index contributed by atoms with van der Waals surface area (Å²) in [5.74, 6) is 2.41. The van der Waals surface area contributed by atoms with E-state index in [0.29, 0.717) is 38.3 Å². The van der Waals surface area contributed by atoms with Gasteiger partial charge in [-0.3, -0.25) is 4.57 Å². The number of benzene rings is 2. The molecule has 0 saturated heterocycles. The van der Waals surface area contributed by atoms with E-state index in [9.17, 15) is 0 Å². The topological polar surface area (TPSA) is 66.5 Å². The highest BCUT2D eigenvalue weighted by atomic mass is 35.5. The summed E-state index contributed by atoms with van der Waals surface area (Å²) in [4.78, 5) is 4.78. The van der Waals surface area contributed by atoms with Crippen LogP contribution in [0.15, 0.2) is 66.1 Å². The predicted octanol–water partition coefficient (Wildman–Crippen LogP) is 6.51. The highest BCUT2D eigenvalue weighted by Crippen LogP contribution is 2.37. The van der Waals surface area contributed by atoms with Crippen LogP contribution in [0.1, 0.15) is 11.3 Å². The molecule has 3 heterocycles. The molecule has 0 fully saturated rings. The van der Waals surface area contributed by atoms with Gasteiger partial charge in [-0.15, -0.1) is 10.2 Å². The van der Waals surface area contributed by atoms with Gasteiger partial charge in [0.1, 0.15) is 17.1 Å². The maximum absolute atomic E-state index is 6.47. The molecule has 2 aromatic carbocycles. The third-order valence-corrected chi connectivity index (χ3v) is 7.00. The molecule has 0 aliphatic heterocycles. The number of hydrogen-bond acceptors (Lipinski definition) is 6. The lowest BCUT2D eigenvalue weighted by atomic mass is 10.2.